The van der Waals surface area contributed by atoms with Crippen molar-refractivity contribution in [2.75, 3.05) is 12.4 Å². The Kier molecular flexibility index (Phi) is 4.31. The molecule has 0 radical (unpaired) electrons. The van der Waals surface area contributed by atoms with Gasteiger partial charge in [0.15, 0.2) is 5.13 Å². The van der Waals surface area contributed by atoms with Crippen molar-refractivity contribution in [1.29, 1.82) is 0 Å². The fourth-order valence-corrected chi connectivity index (χ4v) is 3.06. The number of aromatic hydroxyl groups is 2. The van der Waals surface area contributed by atoms with E-state index in [1.54, 1.807) is 27.0 Å². The highest BCUT2D eigenvalue weighted by molar-refractivity contribution is 7.14. The van der Waals surface area contributed by atoms with E-state index in [2.05, 4.69) is 10.3 Å². The minimum absolute atomic E-state index is 0.145. The summed E-state index contributed by atoms with van der Waals surface area (Å²) < 4.78 is 5.13. The maximum absolute atomic E-state index is 10.3. The van der Waals surface area contributed by atoms with E-state index in [0.717, 1.165) is 11.4 Å². The molecule has 5 nitrogen and oxygen atoms in total. The number of thiazole rings is 1. The summed E-state index contributed by atoms with van der Waals surface area (Å²) >= 11 is 1.43. The third-order valence-corrected chi connectivity index (χ3v) is 4.72. The Labute approximate surface area is 144 Å². The van der Waals surface area contributed by atoms with Crippen LogP contribution in [0.15, 0.2) is 35.7 Å². The molecule has 3 N–H and O–H groups in total. The topological polar surface area (TPSA) is 74.6 Å². The molecule has 0 saturated heterocycles. The normalized spacial score (nSPS) is 10.6. The zero-order valence-electron chi connectivity index (χ0n) is 13.6. The van der Waals surface area contributed by atoms with Crippen LogP contribution in [0.2, 0.25) is 0 Å². The Morgan fingerprint density at radius 3 is 2.46 bits per heavy atom. The van der Waals surface area contributed by atoms with Gasteiger partial charge >= 0.3 is 0 Å². The van der Waals surface area contributed by atoms with Crippen molar-refractivity contribution in [2.24, 2.45) is 0 Å². The average molecular weight is 342 g/mol. The van der Waals surface area contributed by atoms with Crippen molar-refractivity contribution in [3.63, 3.8) is 0 Å². The second kappa shape index (κ2) is 6.41. The number of anilines is 2. The maximum atomic E-state index is 10.3. The van der Waals surface area contributed by atoms with Gasteiger partial charge in [-0.3, -0.25) is 0 Å². The number of rotatable bonds is 4. The number of hydrogen-bond donors (Lipinski definition) is 3. The smallest absolute Gasteiger partial charge is 0.187 e. The van der Waals surface area contributed by atoms with E-state index in [0.29, 0.717) is 27.5 Å². The first-order chi connectivity index (χ1) is 11.5. The standard InChI is InChI=1S/C18H18N2O3S/c1-10-11(2)17(22)14(8-16(10)21)15-9-24-18(20-15)19-12-4-6-13(23-3)7-5-12/h4-9,21-22H,1-3H3,(H,19,20). The Morgan fingerprint density at radius 1 is 1.08 bits per heavy atom. The SMILES string of the molecule is COc1ccc(Nc2nc(-c3cc(O)c(C)c(C)c3O)cs2)cc1. The van der Waals surface area contributed by atoms with Crippen molar-refractivity contribution in [3.8, 4) is 28.5 Å². The van der Waals surface area contributed by atoms with E-state index in [1.165, 1.54) is 11.3 Å². The van der Waals surface area contributed by atoms with Crippen LogP contribution in [0, 0.1) is 13.8 Å². The fraction of sp³-hybridized carbons (Fsp3) is 0.167. The fourth-order valence-electron chi connectivity index (χ4n) is 2.33. The molecule has 1 aromatic heterocycles. The molecule has 3 aromatic rings. The molecule has 0 saturated carbocycles. The van der Waals surface area contributed by atoms with Gasteiger partial charge in [0.1, 0.15) is 17.2 Å². The van der Waals surface area contributed by atoms with Crippen LogP contribution in [0.1, 0.15) is 11.1 Å². The summed E-state index contributed by atoms with van der Waals surface area (Å²) in [5.74, 6) is 1.08. The van der Waals surface area contributed by atoms with Crippen molar-refractivity contribution in [1.82, 2.24) is 4.98 Å². The van der Waals surface area contributed by atoms with E-state index in [4.69, 9.17) is 4.74 Å². The number of hydrogen-bond acceptors (Lipinski definition) is 6. The van der Waals surface area contributed by atoms with Gasteiger partial charge in [0.2, 0.25) is 0 Å². The van der Waals surface area contributed by atoms with Gasteiger partial charge in [-0.25, -0.2) is 4.98 Å². The highest BCUT2D eigenvalue weighted by Crippen LogP contribution is 2.39. The second-order valence-corrected chi connectivity index (χ2v) is 6.29. The first-order valence-corrected chi connectivity index (χ1v) is 8.26. The molecule has 3 rings (SSSR count). The molecule has 0 amide bonds. The predicted octanol–water partition coefficient (Wildman–Crippen LogP) is 4.59. The summed E-state index contributed by atoms with van der Waals surface area (Å²) in [4.78, 5) is 4.50. The molecular formula is C18H18N2O3S. The highest BCUT2D eigenvalue weighted by atomic mass is 32.1. The van der Waals surface area contributed by atoms with Crippen molar-refractivity contribution < 1.29 is 14.9 Å². The summed E-state index contributed by atoms with van der Waals surface area (Å²) in [5.41, 5.74) is 3.36. The summed E-state index contributed by atoms with van der Waals surface area (Å²) in [6.07, 6.45) is 0. The van der Waals surface area contributed by atoms with E-state index >= 15 is 0 Å². The quantitative estimate of drug-likeness (QED) is 0.605. The monoisotopic (exact) mass is 342 g/mol. The van der Waals surface area contributed by atoms with Crippen molar-refractivity contribution >= 4 is 22.2 Å². The van der Waals surface area contributed by atoms with Crippen molar-refractivity contribution in [2.45, 2.75) is 13.8 Å². The van der Waals surface area contributed by atoms with Crippen LogP contribution < -0.4 is 10.1 Å². The number of benzene rings is 2. The molecule has 0 aliphatic carbocycles. The molecular weight excluding hydrogens is 324 g/mol. The van der Waals surface area contributed by atoms with E-state index in [9.17, 15) is 10.2 Å². The van der Waals surface area contributed by atoms with Gasteiger partial charge in [-0.05, 0) is 55.3 Å². The van der Waals surface area contributed by atoms with Gasteiger partial charge in [0.05, 0.1) is 12.8 Å². The number of phenols is 2. The van der Waals surface area contributed by atoms with Gasteiger partial charge < -0.3 is 20.3 Å². The number of ether oxygens (including phenoxy) is 1. The average Bonchev–Trinajstić information content (AvgIpc) is 3.05. The van der Waals surface area contributed by atoms with Crippen LogP contribution in [0.25, 0.3) is 11.3 Å². The molecule has 124 valence electrons. The summed E-state index contributed by atoms with van der Waals surface area (Å²) in [5, 5.41) is 26.1. The van der Waals surface area contributed by atoms with E-state index in [-0.39, 0.29) is 11.5 Å². The number of methoxy groups -OCH3 is 1. The Balaban J connectivity index is 1.88. The van der Waals surface area contributed by atoms with E-state index in [1.807, 2.05) is 29.6 Å². The molecule has 0 aliphatic heterocycles. The molecule has 0 atom stereocenters. The molecule has 24 heavy (non-hydrogen) atoms. The molecule has 0 unspecified atom stereocenters. The number of nitrogens with zero attached hydrogens (tertiary/aromatic N) is 1. The van der Waals surface area contributed by atoms with Crippen LogP contribution >= 0.6 is 11.3 Å². The van der Waals surface area contributed by atoms with Gasteiger partial charge in [0, 0.05) is 16.6 Å². The third-order valence-electron chi connectivity index (χ3n) is 3.96. The van der Waals surface area contributed by atoms with Crippen molar-refractivity contribution in [3.05, 3.63) is 46.8 Å². The van der Waals surface area contributed by atoms with E-state index < -0.39 is 0 Å². The highest BCUT2D eigenvalue weighted by Gasteiger charge is 2.15. The Bertz CT molecular complexity index is 873. The lowest BCUT2D eigenvalue weighted by Gasteiger charge is -2.10. The minimum atomic E-state index is 0.145. The lowest BCUT2D eigenvalue weighted by molar-refractivity contribution is 0.415. The van der Waals surface area contributed by atoms with Gasteiger partial charge in [-0.2, -0.15) is 0 Å². The number of nitrogens with one attached hydrogen (secondary N) is 1. The molecule has 6 heteroatoms. The van der Waals surface area contributed by atoms with Crippen LogP contribution in [-0.4, -0.2) is 22.3 Å². The van der Waals surface area contributed by atoms with Crippen LogP contribution in [0.3, 0.4) is 0 Å². The molecule has 0 aliphatic rings. The Morgan fingerprint density at radius 2 is 1.79 bits per heavy atom. The van der Waals surface area contributed by atoms with Gasteiger partial charge in [0.25, 0.3) is 0 Å². The zero-order valence-corrected chi connectivity index (χ0v) is 14.4. The first kappa shape index (κ1) is 16.1. The van der Waals surface area contributed by atoms with Gasteiger partial charge in [-0.15, -0.1) is 11.3 Å². The molecule has 2 aromatic carbocycles. The zero-order chi connectivity index (χ0) is 17.3. The van der Waals surface area contributed by atoms with Gasteiger partial charge in [-0.1, -0.05) is 0 Å². The molecule has 1 heterocycles. The Hall–Kier alpha value is -2.73. The lowest BCUT2D eigenvalue weighted by Crippen LogP contribution is -1.91. The summed E-state index contributed by atoms with van der Waals surface area (Å²) in [7, 11) is 1.63. The molecule has 0 spiro atoms. The first-order valence-electron chi connectivity index (χ1n) is 7.38. The summed E-state index contributed by atoms with van der Waals surface area (Å²) in [6, 6.07) is 9.08. The minimum Gasteiger partial charge on any atom is -0.508 e. The largest absolute Gasteiger partial charge is 0.508 e. The van der Waals surface area contributed by atoms with Crippen LogP contribution in [0.4, 0.5) is 10.8 Å². The molecule has 0 bridgehead atoms. The third kappa shape index (κ3) is 3.00. The predicted molar refractivity (Wildman–Crippen MR) is 96.6 cm³/mol. The number of aromatic nitrogens is 1. The maximum Gasteiger partial charge on any atom is 0.187 e. The summed E-state index contributed by atoms with van der Waals surface area (Å²) in [6.45, 7) is 3.54. The number of phenolic OH excluding ortho intramolecular Hbond substituents is 2. The van der Waals surface area contributed by atoms with Crippen LogP contribution in [0.5, 0.6) is 17.2 Å². The van der Waals surface area contributed by atoms with Crippen LogP contribution in [-0.2, 0) is 0 Å². The lowest BCUT2D eigenvalue weighted by atomic mass is 10.0. The second-order valence-electron chi connectivity index (χ2n) is 5.43. The molecule has 0 fully saturated rings.